The molecule has 0 aromatic heterocycles. The van der Waals surface area contributed by atoms with Crippen molar-refractivity contribution in [1.82, 2.24) is 4.90 Å². The molecule has 0 fully saturated rings. The van der Waals surface area contributed by atoms with Gasteiger partial charge in [-0.15, -0.1) is 0 Å². The Kier molecular flexibility index (Phi) is 3.47. The van der Waals surface area contributed by atoms with Crippen molar-refractivity contribution in [3.63, 3.8) is 0 Å². The van der Waals surface area contributed by atoms with Gasteiger partial charge in [-0.2, -0.15) is 0 Å². The first-order valence-electron chi connectivity index (χ1n) is 6.02. The fourth-order valence-corrected chi connectivity index (χ4v) is 2.06. The molecule has 2 aliphatic rings. The molecule has 0 atom stereocenters. The predicted octanol–water partition coefficient (Wildman–Crippen LogP) is 2.81. The van der Waals surface area contributed by atoms with Gasteiger partial charge in [0.25, 0.3) is 11.8 Å². The Morgan fingerprint density at radius 2 is 1.68 bits per heavy atom. The van der Waals surface area contributed by atoms with Crippen LogP contribution in [0.3, 0.4) is 0 Å². The standard InChI is InChI=1S/C16H15NO2/c1-4-13-14(5-2)16(19)17(15(13)18)12-8-6-7-11(3)9-10-12/h4-6,8-10H,1-2,7H2,3H3. The van der Waals surface area contributed by atoms with Crippen LogP contribution >= 0.6 is 0 Å². The third kappa shape index (κ3) is 2.15. The quantitative estimate of drug-likeness (QED) is 0.725. The molecule has 0 bridgehead atoms. The van der Waals surface area contributed by atoms with E-state index in [4.69, 9.17) is 0 Å². The van der Waals surface area contributed by atoms with Crippen LogP contribution in [0.25, 0.3) is 0 Å². The molecule has 1 aliphatic heterocycles. The van der Waals surface area contributed by atoms with E-state index in [1.165, 1.54) is 22.6 Å². The predicted molar refractivity (Wildman–Crippen MR) is 74.9 cm³/mol. The number of allylic oxidation sites excluding steroid dienone is 5. The van der Waals surface area contributed by atoms with E-state index in [1.807, 2.05) is 19.1 Å². The summed E-state index contributed by atoms with van der Waals surface area (Å²) in [6.45, 7) is 9.16. The number of nitrogens with zero attached hydrogens (tertiary/aromatic N) is 1. The molecule has 0 saturated heterocycles. The van der Waals surface area contributed by atoms with E-state index in [0.29, 0.717) is 16.8 Å². The minimum absolute atomic E-state index is 0.305. The van der Waals surface area contributed by atoms with E-state index < -0.39 is 0 Å². The molecule has 3 nitrogen and oxygen atoms in total. The molecule has 2 amide bonds. The molecule has 0 radical (unpaired) electrons. The lowest BCUT2D eigenvalue weighted by Crippen LogP contribution is -2.30. The molecule has 0 unspecified atom stereocenters. The highest BCUT2D eigenvalue weighted by Crippen LogP contribution is 2.27. The molecule has 1 heterocycles. The molecule has 0 aromatic carbocycles. The number of hydrogen-bond acceptors (Lipinski definition) is 2. The van der Waals surface area contributed by atoms with Gasteiger partial charge in [-0.3, -0.25) is 9.59 Å². The van der Waals surface area contributed by atoms with E-state index >= 15 is 0 Å². The molecule has 3 heteroatoms. The number of amides is 2. The summed E-state index contributed by atoms with van der Waals surface area (Å²) in [6, 6.07) is 0. The van der Waals surface area contributed by atoms with Gasteiger partial charge in [0.15, 0.2) is 0 Å². The van der Waals surface area contributed by atoms with Crippen molar-refractivity contribution in [2.45, 2.75) is 13.3 Å². The molecule has 0 aromatic rings. The van der Waals surface area contributed by atoms with E-state index in [1.54, 1.807) is 12.2 Å². The Morgan fingerprint density at radius 3 is 2.21 bits per heavy atom. The molecule has 0 N–H and O–H groups in total. The van der Waals surface area contributed by atoms with Gasteiger partial charge >= 0.3 is 0 Å². The zero-order chi connectivity index (χ0) is 14.0. The monoisotopic (exact) mass is 253 g/mol. The number of carbonyl (C=O) groups is 2. The lowest BCUT2D eigenvalue weighted by atomic mass is 10.1. The molecular formula is C16H15NO2. The van der Waals surface area contributed by atoms with Gasteiger partial charge in [0, 0.05) is 0 Å². The summed E-state index contributed by atoms with van der Waals surface area (Å²) in [4.78, 5) is 25.7. The maximum atomic E-state index is 12.2. The second-order valence-electron chi connectivity index (χ2n) is 4.39. The Bertz CT molecular complexity index is 570. The first-order chi connectivity index (χ1) is 9.10. The van der Waals surface area contributed by atoms with Crippen LogP contribution in [0.4, 0.5) is 0 Å². The second kappa shape index (κ2) is 5.06. The van der Waals surface area contributed by atoms with Gasteiger partial charge in [-0.1, -0.05) is 43.0 Å². The Balaban J connectivity index is 2.45. The van der Waals surface area contributed by atoms with Gasteiger partial charge < -0.3 is 0 Å². The van der Waals surface area contributed by atoms with Crippen LogP contribution in [-0.2, 0) is 9.59 Å². The minimum Gasteiger partial charge on any atom is -0.268 e. The van der Waals surface area contributed by atoms with E-state index in [-0.39, 0.29) is 11.8 Å². The van der Waals surface area contributed by atoms with E-state index in [9.17, 15) is 9.59 Å². The van der Waals surface area contributed by atoms with Crippen molar-refractivity contribution in [3.05, 3.63) is 72.0 Å². The Labute approximate surface area is 112 Å². The summed E-state index contributed by atoms with van der Waals surface area (Å²) >= 11 is 0. The van der Waals surface area contributed by atoms with Crippen molar-refractivity contribution in [3.8, 4) is 0 Å². The molecule has 1 aliphatic carbocycles. The highest BCUT2D eigenvalue weighted by Gasteiger charge is 2.36. The van der Waals surface area contributed by atoms with Crippen LogP contribution in [0.15, 0.2) is 72.0 Å². The Morgan fingerprint density at radius 1 is 1.11 bits per heavy atom. The van der Waals surface area contributed by atoms with Crippen LogP contribution in [0.1, 0.15) is 13.3 Å². The summed E-state index contributed by atoms with van der Waals surface area (Å²) in [5.41, 5.74) is 2.35. The molecule has 0 saturated carbocycles. The van der Waals surface area contributed by atoms with E-state index in [2.05, 4.69) is 13.2 Å². The zero-order valence-electron chi connectivity index (χ0n) is 10.8. The average Bonchev–Trinajstić information content (AvgIpc) is 2.54. The third-order valence-corrected chi connectivity index (χ3v) is 3.09. The summed E-state index contributed by atoms with van der Waals surface area (Å²) in [6.07, 6.45) is 11.0. The average molecular weight is 253 g/mol. The topological polar surface area (TPSA) is 37.4 Å². The largest absolute Gasteiger partial charge is 0.268 e. The van der Waals surface area contributed by atoms with Gasteiger partial charge in [-0.25, -0.2) is 4.90 Å². The minimum atomic E-state index is -0.348. The number of hydrogen-bond donors (Lipinski definition) is 0. The van der Waals surface area contributed by atoms with Crippen LogP contribution in [0.5, 0.6) is 0 Å². The molecule has 2 rings (SSSR count). The van der Waals surface area contributed by atoms with E-state index in [0.717, 1.165) is 6.42 Å². The third-order valence-electron chi connectivity index (χ3n) is 3.09. The fraction of sp³-hybridized carbons (Fsp3) is 0.125. The number of carbonyl (C=O) groups excluding carboxylic acids is 2. The Hall–Kier alpha value is -2.42. The summed E-state index contributed by atoms with van der Waals surface area (Å²) in [5, 5.41) is 0. The molecular weight excluding hydrogens is 238 g/mol. The summed E-state index contributed by atoms with van der Waals surface area (Å²) in [5.74, 6) is -0.697. The lowest BCUT2D eigenvalue weighted by Gasteiger charge is -2.15. The summed E-state index contributed by atoms with van der Waals surface area (Å²) in [7, 11) is 0. The van der Waals surface area contributed by atoms with Crippen LogP contribution in [0, 0.1) is 0 Å². The van der Waals surface area contributed by atoms with Crippen molar-refractivity contribution in [1.29, 1.82) is 0 Å². The van der Waals surface area contributed by atoms with Crippen molar-refractivity contribution in [2.75, 3.05) is 0 Å². The molecule has 96 valence electrons. The zero-order valence-corrected chi connectivity index (χ0v) is 10.8. The first kappa shape index (κ1) is 13.0. The van der Waals surface area contributed by atoms with Crippen LogP contribution < -0.4 is 0 Å². The smallest absolute Gasteiger partial charge is 0.266 e. The van der Waals surface area contributed by atoms with Crippen LogP contribution in [-0.4, -0.2) is 16.7 Å². The maximum Gasteiger partial charge on any atom is 0.266 e. The second-order valence-corrected chi connectivity index (χ2v) is 4.39. The maximum absolute atomic E-state index is 12.2. The van der Waals surface area contributed by atoms with Crippen molar-refractivity contribution < 1.29 is 9.59 Å². The number of rotatable bonds is 3. The molecule has 19 heavy (non-hydrogen) atoms. The highest BCUT2D eigenvalue weighted by molar-refractivity contribution is 6.23. The highest BCUT2D eigenvalue weighted by atomic mass is 16.2. The van der Waals surface area contributed by atoms with Crippen molar-refractivity contribution in [2.24, 2.45) is 0 Å². The van der Waals surface area contributed by atoms with Gasteiger partial charge in [0.1, 0.15) is 0 Å². The lowest BCUT2D eigenvalue weighted by molar-refractivity contribution is -0.134. The molecule has 0 spiro atoms. The first-order valence-corrected chi connectivity index (χ1v) is 6.02. The van der Waals surface area contributed by atoms with Crippen LogP contribution in [0.2, 0.25) is 0 Å². The normalized spacial score (nSPS) is 19.3. The van der Waals surface area contributed by atoms with Gasteiger partial charge in [0.2, 0.25) is 0 Å². The summed E-state index contributed by atoms with van der Waals surface area (Å²) < 4.78 is 0. The SMILES string of the molecule is C=CC1=C(C=C)C(=O)N(C2=CC=C(C)CC=C2)C1=O. The van der Waals surface area contributed by atoms with Gasteiger partial charge in [0.05, 0.1) is 16.8 Å². The number of imide groups is 1. The van der Waals surface area contributed by atoms with Crippen molar-refractivity contribution >= 4 is 11.8 Å². The fourth-order valence-electron chi connectivity index (χ4n) is 2.06. The van der Waals surface area contributed by atoms with Gasteiger partial charge in [-0.05, 0) is 25.5 Å².